The number of aliphatic hydroxyl groups excluding tert-OH is 1. The maximum Gasteiger partial charge on any atom is 0.295 e. The van der Waals surface area contributed by atoms with Gasteiger partial charge in [-0.15, -0.1) is 0 Å². The molecule has 0 radical (unpaired) electrons. The van der Waals surface area contributed by atoms with Crippen LogP contribution in [0.5, 0.6) is 17.2 Å². The van der Waals surface area contributed by atoms with Gasteiger partial charge in [0.25, 0.3) is 11.7 Å². The van der Waals surface area contributed by atoms with Crippen LogP contribution in [0.2, 0.25) is 0 Å². The number of benzene rings is 2. The van der Waals surface area contributed by atoms with Crippen molar-refractivity contribution in [1.82, 2.24) is 9.80 Å². The third-order valence-electron chi connectivity index (χ3n) is 6.48. The Kier molecular flexibility index (Phi) is 11.2. The molecular formula is C31H42N2O6. The van der Waals surface area contributed by atoms with E-state index in [0.29, 0.717) is 61.2 Å². The Bertz CT molecular complexity index is 1140. The molecule has 8 heteroatoms. The summed E-state index contributed by atoms with van der Waals surface area (Å²) in [4.78, 5) is 30.2. The molecule has 1 saturated heterocycles. The summed E-state index contributed by atoms with van der Waals surface area (Å²) in [5.41, 5.74) is 1.18. The smallest absolute Gasteiger partial charge is 0.295 e. The lowest BCUT2D eigenvalue weighted by molar-refractivity contribution is -0.139. The van der Waals surface area contributed by atoms with Gasteiger partial charge >= 0.3 is 0 Å². The average Bonchev–Trinajstić information content (AvgIpc) is 3.17. The fourth-order valence-electron chi connectivity index (χ4n) is 4.51. The molecule has 39 heavy (non-hydrogen) atoms. The molecule has 1 aliphatic rings. The molecule has 1 unspecified atom stereocenters. The molecule has 1 atom stereocenters. The van der Waals surface area contributed by atoms with Gasteiger partial charge in [-0.1, -0.05) is 26.3 Å². The van der Waals surface area contributed by atoms with Crippen LogP contribution < -0.4 is 14.2 Å². The first-order chi connectivity index (χ1) is 18.8. The van der Waals surface area contributed by atoms with Crippen molar-refractivity contribution in [3.05, 3.63) is 59.2 Å². The molecule has 0 aliphatic carbocycles. The average molecular weight is 539 g/mol. The molecule has 2 aromatic carbocycles. The summed E-state index contributed by atoms with van der Waals surface area (Å²) >= 11 is 0. The largest absolute Gasteiger partial charge is 0.507 e. The zero-order valence-corrected chi connectivity index (χ0v) is 23.9. The van der Waals surface area contributed by atoms with Gasteiger partial charge in [0.15, 0.2) is 11.5 Å². The van der Waals surface area contributed by atoms with E-state index < -0.39 is 17.7 Å². The van der Waals surface area contributed by atoms with Gasteiger partial charge < -0.3 is 29.1 Å². The molecular weight excluding hydrogens is 496 g/mol. The van der Waals surface area contributed by atoms with Crippen molar-refractivity contribution >= 4 is 17.4 Å². The molecule has 1 fully saturated rings. The Morgan fingerprint density at radius 2 is 1.64 bits per heavy atom. The Morgan fingerprint density at radius 3 is 2.28 bits per heavy atom. The van der Waals surface area contributed by atoms with Crippen molar-refractivity contribution in [1.29, 1.82) is 0 Å². The Hall–Kier alpha value is -3.52. The molecule has 8 nitrogen and oxygen atoms in total. The van der Waals surface area contributed by atoms with Gasteiger partial charge in [0.1, 0.15) is 11.5 Å². The highest BCUT2D eigenvalue weighted by molar-refractivity contribution is 6.46. The third kappa shape index (κ3) is 7.53. The fraction of sp³-hybridized carbons (Fsp3) is 0.484. The maximum atomic E-state index is 13.4. The molecule has 1 aliphatic heterocycles. The zero-order chi connectivity index (χ0) is 28.4. The second-order valence-corrected chi connectivity index (χ2v) is 9.86. The first-order valence-corrected chi connectivity index (χ1v) is 13.9. The number of carbonyl (C=O) groups excluding carboxylic acids is 2. The lowest BCUT2D eigenvalue weighted by Gasteiger charge is -2.26. The summed E-state index contributed by atoms with van der Waals surface area (Å²) in [7, 11) is 3.93. The molecule has 1 amide bonds. The summed E-state index contributed by atoms with van der Waals surface area (Å²) in [6.45, 7) is 8.73. The van der Waals surface area contributed by atoms with Crippen molar-refractivity contribution in [2.24, 2.45) is 0 Å². The van der Waals surface area contributed by atoms with Crippen molar-refractivity contribution in [2.75, 3.05) is 47.0 Å². The standard InChI is InChI=1S/C31H42N2O6/c1-6-9-20-39-25-16-13-23(21-26(25)37-8-3)28-27(30(35)31(36)33(28)18-10-17-32(4)5)29(34)22-11-14-24(15-12-22)38-19-7-2/h11-16,21,28,34H,6-10,17-20H2,1-5H3. The van der Waals surface area contributed by atoms with E-state index in [2.05, 4.69) is 6.92 Å². The summed E-state index contributed by atoms with van der Waals surface area (Å²) in [5.74, 6) is 0.300. The van der Waals surface area contributed by atoms with Gasteiger partial charge in [-0.2, -0.15) is 0 Å². The van der Waals surface area contributed by atoms with E-state index >= 15 is 0 Å². The third-order valence-corrected chi connectivity index (χ3v) is 6.48. The van der Waals surface area contributed by atoms with Crippen LogP contribution in [0, 0.1) is 0 Å². The van der Waals surface area contributed by atoms with Gasteiger partial charge in [0.2, 0.25) is 0 Å². The zero-order valence-electron chi connectivity index (χ0n) is 23.9. The van der Waals surface area contributed by atoms with Crippen molar-refractivity contribution in [2.45, 2.75) is 52.5 Å². The van der Waals surface area contributed by atoms with Crippen LogP contribution in [0.25, 0.3) is 5.76 Å². The quantitative estimate of drug-likeness (QED) is 0.140. The predicted octanol–water partition coefficient (Wildman–Crippen LogP) is 5.43. The molecule has 0 saturated carbocycles. The number of hydrogen-bond donors (Lipinski definition) is 1. The van der Waals surface area contributed by atoms with Gasteiger partial charge in [-0.25, -0.2) is 0 Å². The Morgan fingerprint density at radius 1 is 0.897 bits per heavy atom. The number of amides is 1. The predicted molar refractivity (Wildman–Crippen MR) is 152 cm³/mol. The van der Waals surface area contributed by atoms with Gasteiger partial charge in [-0.3, -0.25) is 9.59 Å². The van der Waals surface area contributed by atoms with Gasteiger partial charge in [-0.05, 0) is 88.8 Å². The van der Waals surface area contributed by atoms with Gasteiger partial charge in [0.05, 0.1) is 31.4 Å². The molecule has 2 aromatic rings. The second kappa shape index (κ2) is 14.6. The number of unbranched alkanes of at least 4 members (excludes halogenated alkanes) is 1. The number of aliphatic hydroxyl groups is 1. The van der Waals surface area contributed by atoms with Crippen LogP contribution in [0.15, 0.2) is 48.0 Å². The lowest BCUT2D eigenvalue weighted by atomic mass is 9.95. The second-order valence-electron chi connectivity index (χ2n) is 9.86. The number of ether oxygens (including phenoxy) is 3. The highest BCUT2D eigenvalue weighted by Crippen LogP contribution is 2.42. The van der Waals surface area contributed by atoms with Crippen LogP contribution in [0.4, 0.5) is 0 Å². The molecule has 0 aromatic heterocycles. The number of Topliss-reactive ketones (excluding diaryl/α,β-unsaturated/α-hetero) is 1. The van der Waals surface area contributed by atoms with E-state index in [1.165, 1.54) is 0 Å². The maximum absolute atomic E-state index is 13.4. The first-order valence-electron chi connectivity index (χ1n) is 13.9. The SMILES string of the molecule is CCCCOc1ccc(C2C(=C(O)c3ccc(OCCC)cc3)C(=O)C(=O)N2CCCN(C)C)cc1OCC. The Labute approximate surface area is 232 Å². The highest BCUT2D eigenvalue weighted by Gasteiger charge is 2.46. The number of hydrogen-bond acceptors (Lipinski definition) is 7. The van der Waals surface area contributed by atoms with E-state index in [4.69, 9.17) is 14.2 Å². The van der Waals surface area contributed by atoms with Crippen LogP contribution in [0.1, 0.15) is 63.6 Å². The summed E-state index contributed by atoms with van der Waals surface area (Å²) in [5, 5.41) is 11.4. The van der Waals surface area contributed by atoms with Crippen molar-refractivity contribution < 1.29 is 28.9 Å². The minimum absolute atomic E-state index is 0.0641. The lowest BCUT2D eigenvalue weighted by Crippen LogP contribution is -2.32. The van der Waals surface area contributed by atoms with Crippen LogP contribution in [-0.4, -0.2) is 73.6 Å². The van der Waals surface area contributed by atoms with E-state index in [1.54, 1.807) is 29.2 Å². The first kappa shape index (κ1) is 30.0. The topological polar surface area (TPSA) is 88.5 Å². The van der Waals surface area contributed by atoms with Gasteiger partial charge in [0, 0.05) is 12.1 Å². The van der Waals surface area contributed by atoms with E-state index in [-0.39, 0.29) is 11.3 Å². The van der Waals surface area contributed by atoms with E-state index in [1.807, 2.05) is 51.0 Å². The Balaban J connectivity index is 2.06. The van der Waals surface area contributed by atoms with Crippen molar-refractivity contribution in [3.63, 3.8) is 0 Å². The van der Waals surface area contributed by atoms with Crippen molar-refractivity contribution in [3.8, 4) is 17.2 Å². The molecule has 0 bridgehead atoms. The number of ketones is 1. The highest BCUT2D eigenvalue weighted by atomic mass is 16.5. The number of likely N-dealkylation sites (tertiary alicyclic amines) is 1. The number of carbonyl (C=O) groups is 2. The van der Waals surface area contributed by atoms with E-state index in [0.717, 1.165) is 25.8 Å². The minimum atomic E-state index is -0.757. The van der Waals surface area contributed by atoms with E-state index in [9.17, 15) is 14.7 Å². The fourth-order valence-corrected chi connectivity index (χ4v) is 4.51. The molecule has 3 rings (SSSR count). The summed E-state index contributed by atoms with van der Waals surface area (Å²) in [6.07, 6.45) is 3.48. The normalized spacial score (nSPS) is 16.7. The number of nitrogens with zero attached hydrogens (tertiary/aromatic N) is 2. The van der Waals surface area contributed by atoms with Crippen LogP contribution in [0.3, 0.4) is 0 Å². The van der Waals surface area contributed by atoms with Crippen LogP contribution >= 0.6 is 0 Å². The molecule has 1 heterocycles. The monoisotopic (exact) mass is 538 g/mol. The van der Waals surface area contributed by atoms with Crippen LogP contribution in [-0.2, 0) is 9.59 Å². The number of rotatable bonds is 15. The summed E-state index contributed by atoms with van der Waals surface area (Å²) in [6, 6.07) is 11.6. The molecule has 1 N–H and O–H groups in total. The molecule has 0 spiro atoms. The molecule has 212 valence electrons. The summed E-state index contributed by atoms with van der Waals surface area (Å²) < 4.78 is 17.5. The minimum Gasteiger partial charge on any atom is -0.507 e.